The lowest BCUT2D eigenvalue weighted by atomic mass is 10.2. The van der Waals surface area contributed by atoms with E-state index in [-0.39, 0.29) is 5.91 Å². The minimum absolute atomic E-state index is 0.220. The smallest absolute Gasteiger partial charge is 0.254 e. The fourth-order valence-electron chi connectivity index (χ4n) is 2.34. The van der Waals surface area contributed by atoms with Crippen molar-refractivity contribution in [3.8, 4) is 0 Å². The van der Waals surface area contributed by atoms with Crippen LogP contribution >= 0.6 is 0 Å². The third-order valence-electron chi connectivity index (χ3n) is 3.66. The van der Waals surface area contributed by atoms with Crippen molar-refractivity contribution in [2.24, 2.45) is 0 Å². The van der Waals surface area contributed by atoms with Crippen LogP contribution in [0.2, 0.25) is 0 Å². The van der Waals surface area contributed by atoms with Gasteiger partial charge in [0.05, 0.1) is 17.8 Å². The van der Waals surface area contributed by atoms with Crippen molar-refractivity contribution in [2.75, 3.05) is 11.9 Å². The maximum Gasteiger partial charge on any atom is 0.254 e. The molecule has 0 aliphatic carbocycles. The van der Waals surface area contributed by atoms with E-state index in [1.54, 1.807) is 6.20 Å². The first-order valence-electron chi connectivity index (χ1n) is 7.97. The highest BCUT2D eigenvalue weighted by Gasteiger charge is 2.09. The Balaban J connectivity index is 1.58. The number of hydrogen-bond acceptors (Lipinski definition) is 5. The molecular formula is C19H19N5O. The molecule has 1 amide bonds. The number of benzene rings is 1. The largest absolute Gasteiger partial charge is 0.346 e. The number of hydrogen-bond donors (Lipinski definition) is 1. The van der Waals surface area contributed by atoms with Crippen LogP contribution in [0.5, 0.6) is 0 Å². The Hall–Kier alpha value is -3.28. The average Bonchev–Trinajstić information content (AvgIpc) is 2.68. The predicted octanol–water partition coefficient (Wildman–Crippen LogP) is 2.44. The minimum Gasteiger partial charge on any atom is -0.346 e. The lowest BCUT2D eigenvalue weighted by Crippen LogP contribution is -2.24. The summed E-state index contributed by atoms with van der Waals surface area (Å²) in [7, 11) is 1.92. The van der Waals surface area contributed by atoms with E-state index < -0.39 is 0 Å². The maximum atomic E-state index is 12.2. The van der Waals surface area contributed by atoms with Gasteiger partial charge in [0.2, 0.25) is 5.95 Å². The van der Waals surface area contributed by atoms with Gasteiger partial charge in [-0.25, -0.2) is 9.97 Å². The van der Waals surface area contributed by atoms with Crippen LogP contribution in [0.1, 0.15) is 21.6 Å². The van der Waals surface area contributed by atoms with Gasteiger partial charge in [-0.05, 0) is 17.7 Å². The molecule has 2 heterocycles. The Kier molecular flexibility index (Phi) is 5.31. The number of nitrogens with one attached hydrogen (secondary N) is 1. The normalized spacial score (nSPS) is 10.3. The molecule has 0 bridgehead atoms. The Bertz CT molecular complexity index is 806. The number of pyridine rings is 1. The van der Waals surface area contributed by atoms with Gasteiger partial charge >= 0.3 is 0 Å². The molecule has 3 rings (SSSR count). The summed E-state index contributed by atoms with van der Waals surface area (Å²) in [6, 6.07) is 15.7. The van der Waals surface area contributed by atoms with E-state index in [9.17, 15) is 4.79 Å². The average molecular weight is 333 g/mol. The number of amides is 1. The third kappa shape index (κ3) is 4.60. The summed E-state index contributed by atoms with van der Waals surface area (Å²) < 4.78 is 0. The predicted molar refractivity (Wildman–Crippen MR) is 96.0 cm³/mol. The Labute approximate surface area is 146 Å². The van der Waals surface area contributed by atoms with Gasteiger partial charge in [-0.15, -0.1) is 0 Å². The topological polar surface area (TPSA) is 71.0 Å². The van der Waals surface area contributed by atoms with Crippen molar-refractivity contribution in [1.82, 2.24) is 20.3 Å². The molecule has 1 N–H and O–H groups in total. The van der Waals surface area contributed by atoms with Crippen molar-refractivity contribution in [1.29, 1.82) is 0 Å². The summed E-state index contributed by atoms with van der Waals surface area (Å²) >= 11 is 0. The fourth-order valence-corrected chi connectivity index (χ4v) is 2.34. The van der Waals surface area contributed by atoms with E-state index in [4.69, 9.17) is 0 Å². The van der Waals surface area contributed by atoms with E-state index in [2.05, 4.69) is 32.4 Å². The lowest BCUT2D eigenvalue weighted by molar-refractivity contribution is 0.0949. The van der Waals surface area contributed by atoms with Crippen LogP contribution in [-0.4, -0.2) is 27.9 Å². The summed E-state index contributed by atoms with van der Waals surface area (Å²) in [4.78, 5) is 26.8. The van der Waals surface area contributed by atoms with E-state index in [1.165, 1.54) is 18.0 Å². The molecule has 2 aromatic heterocycles. The van der Waals surface area contributed by atoms with Crippen LogP contribution in [0.15, 0.2) is 67.1 Å². The zero-order valence-corrected chi connectivity index (χ0v) is 14.0. The molecule has 0 saturated carbocycles. The van der Waals surface area contributed by atoms with Crippen LogP contribution in [0, 0.1) is 0 Å². The quantitative estimate of drug-likeness (QED) is 0.750. The number of carbonyl (C=O) groups excluding carboxylic acids is 1. The molecule has 0 fully saturated rings. The van der Waals surface area contributed by atoms with Crippen LogP contribution in [0.4, 0.5) is 5.95 Å². The number of anilines is 1. The molecule has 0 saturated heterocycles. The van der Waals surface area contributed by atoms with E-state index in [1.807, 2.05) is 48.3 Å². The zero-order valence-electron chi connectivity index (χ0n) is 14.0. The first kappa shape index (κ1) is 16.6. The van der Waals surface area contributed by atoms with E-state index in [0.717, 1.165) is 5.69 Å². The van der Waals surface area contributed by atoms with Crippen molar-refractivity contribution in [3.05, 3.63) is 83.9 Å². The molecule has 25 heavy (non-hydrogen) atoms. The molecule has 3 aromatic rings. The third-order valence-corrected chi connectivity index (χ3v) is 3.66. The molecule has 0 unspecified atom stereocenters. The zero-order chi connectivity index (χ0) is 17.5. The van der Waals surface area contributed by atoms with E-state index in [0.29, 0.717) is 24.6 Å². The summed E-state index contributed by atoms with van der Waals surface area (Å²) in [5.74, 6) is 0.355. The minimum atomic E-state index is -0.220. The molecule has 0 spiro atoms. The summed E-state index contributed by atoms with van der Waals surface area (Å²) in [6.07, 6.45) is 4.77. The van der Waals surface area contributed by atoms with Crippen molar-refractivity contribution in [2.45, 2.75) is 13.1 Å². The van der Waals surface area contributed by atoms with Crippen molar-refractivity contribution < 1.29 is 4.79 Å². The highest BCUT2D eigenvalue weighted by molar-refractivity contribution is 5.93. The summed E-state index contributed by atoms with van der Waals surface area (Å²) in [5, 5.41) is 2.81. The van der Waals surface area contributed by atoms with Crippen LogP contribution in [-0.2, 0) is 13.1 Å². The molecular weight excluding hydrogens is 314 g/mol. The number of aromatic nitrogens is 3. The van der Waals surface area contributed by atoms with Gasteiger partial charge in [-0.2, -0.15) is 0 Å². The second kappa shape index (κ2) is 8.01. The lowest BCUT2D eigenvalue weighted by Gasteiger charge is -2.17. The molecule has 0 aliphatic heterocycles. The van der Waals surface area contributed by atoms with Crippen LogP contribution in [0.3, 0.4) is 0 Å². The van der Waals surface area contributed by atoms with Gasteiger partial charge in [-0.1, -0.05) is 36.4 Å². The molecule has 126 valence electrons. The molecule has 1 aromatic carbocycles. The Morgan fingerprint density at radius 3 is 2.40 bits per heavy atom. The number of rotatable bonds is 6. The van der Waals surface area contributed by atoms with Gasteiger partial charge in [0.25, 0.3) is 5.91 Å². The van der Waals surface area contributed by atoms with Gasteiger partial charge < -0.3 is 10.2 Å². The highest BCUT2D eigenvalue weighted by Crippen LogP contribution is 2.10. The second-order valence-corrected chi connectivity index (χ2v) is 5.62. The fraction of sp³-hybridized carbons (Fsp3) is 0.158. The molecule has 6 heteroatoms. The highest BCUT2D eigenvalue weighted by atomic mass is 16.1. The first-order valence-corrected chi connectivity index (χ1v) is 7.97. The molecule has 6 nitrogen and oxygen atoms in total. The molecule has 0 radical (unpaired) electrons. The second-order valence-electron chi connectivity index (χ2n) is 5.62. The van der Waals surface area contributed by atoms with Gasteiger partial charge in [0.15, 0.2) is 0 Å². The Morgan fingerprint density at radius 1 is 1.00 bits per heavy atom. The van der Waals surface area contributed by atoms with Crippen molar-refractivity contribution >= 4 is 11.9 Å². The monoisotopic (exact) mass is 333 g/mol. The standard InChI is InChI=1S/C19H19N5O/c1-24(14-15-7-3-2-4-8-15)19-22-11-16(12-23-19)18(25)21-13-17-9-5-6-10-20-17/h2-12H,13-14H2,1H3,(H,21,25). The van der Waals surface area contributed by atoms with Gasteiger partial charge in [-0.3, -0.25) is 9.78 Å². The van der Waals surface area contributed by atoms with Gasteiger partial charge in [0.1, 0.15) is 0 Å². The van der Waals surface area contributed by atoms with Gasteiger partial charge in [0, 0.05) is 32.2 Å². The van der Waals surface area contributed by atoms with Crippen molar-refractivity contribution in [3.63, 3.8) is 0 Å². The Morgan fingerprint density at radius 2 is 1.72 bits per heavy atom. The summed E-state index contributed by atoms with van der Waals surface area (Å²) in [6.45, 7) is 1.07. The van der Waals surface area contributed by atoms with Crippen LogP contribution in [0.25, 0.3) is 0 Å². The van der Waals surface area contributed by atoms with Crippen LogP contribution < -0.4 is 10.2 Å². The number of carbonyl (C=O) groups is 1. The summed E-state index contributed by atoms with van der Waals surface area (Å²) in [5.41, 5.74) is 2.40. The SMILES string of the molecule is CN(Cc1ccccc1)c1ncc(C(=O)NCc2ccccn2)cn1. The van der Waals surface area contributed by atoms with E-state index >= 15 is 0 Å². The first-order chi connectivity index (χ1) is 12.2. The maximum absolute atomic E-state index is 12.2. The number of nitrogens with zero attached hydrogens (tertiary/aromatic N) is 4. The molecule has 0 atom stereocenters. The molecule has 0 aliphatic rings.